The van der Waals surface area contributed by atoms with Crippen molar-refractivity contribution in [3.63, 3.8) is 0 Å². The van der Waals surface area contributed by atoms with Gasteiger partial charge in [0.15, 0.2) is 11.5 Å². The minimum atomic E-state index is -0.635. The van der Waals surface area contributed by atoms with Crippen LogP contribution in [0.3, 0.4) is 0 Å². The number of nitrogens with one attached hydrogen (secondary N) is 1. The van der Waals surface area contributed by atoms with E-state index in [1.807, 2.05) is 0 Å². The number of benzene rings is 2. The predicted molar refractivity (Wildman–Crippen MR) is 158 cm³/mol. The highest BCUT2D eigenvalue weighted by Crippen LogP contribution is 2.37. The zero-order valence-electron chi connectivity index (χ0n) is 23.6. The molecule has 1 aliphatic rings. The number of rotatable bonds is 9. The summed E-state index contributed by atoms with van der Waals surface area (Å²) >= 11 is 0. The molecule has 4 heterocycles. The summed E-state index contributed by atoms with van der Waals surface area (Å²) in [7, 11) is 1.54. The van der Waals surface area contributed by atoms with Crippen molar-refractivity contribution in [3.05, 3.63) is 91.7 Å². The molecule has 0 spiro atoms. The second-order valence-corrected chi connectivity index (χ2v) is 9.89. The Balaban J connectivity index is 1.19. The fourth-order valence-corrected chi connectivity index (χ4v) is 4.87. The Kier molecular flexibility index (Phi) is 8.00. The smallest absolute Gasteiger partial charge is 0.245 e. The van der Waals surface area contributed by atoms with Gasteiger partial charge in [0.25, 0.3) is 0 Å². The normalized spacial score (nSPS) is 13.5. The Hall–Kier alpha value is -5.59. The van der Waals surface area contributed by atoms with E-state index in [1.165, 1.54) is 41.5 Å². The molecule has 1 aliphatic heterocycles. The molecule has 0 saturated carbocycles. The maximum atomic E-state index is 15.2. The van der Waals surface area contributed by atoms with E-state index in [2.05, 4.69) is 31.9 Å². The number of amides is 1. The highest BCUT2D eigenvalue weighted by molar-refractivity contribution is 5.93. The minimum Gasteiger partial charge on any atom is -0.493 e. The summed E-state index contributed by atoms with van der Waals surface area (Å²) in [5, 5.41) is 7.89. The van der Waals surface area contributed by atoms with Gasteiger partial charge in [0, 0.05) is 68.0 Å². The Morgan fingerprint density at radius 1 is 1.05 bits per heavy atom. The largest absolute Gasteiger partial charge is 0.493 e. The fourth-order valence-electron chi connectivity index (χ4n) is 4.87. The zero-order valence-corrected chi connectivity index (χ0v) is 23.6. The standard InChI is InChI=1S/C31H27F2N7O4/c1-3-30(41)39-11-7-20(8-12-39)43-27-16-22-25(17-26(27)42-2)35-18-36-31(22)37-24-5-4-21(15-23(24)32)44-29-9-13-40(38-29)19-6-10-34-28(33)14-19/h3-6,9-10,13-18,20H,1,7-8,11-12H2,2H3,(H,35,36,37). The Labute approximate surface area is 250 Å². The van der Waals surface area contributed by atoms with Gasteiger partial charge in [-0.15, -0.1) is 5.10 Å². The molecule has 0 atom stereocenters. The molecule has 0 unspecified atom stereocenters. The van der Waals surface area contributed by atoms with Crippen LogP contribution in [-0.2, 0) is 4.79 Å². The van der Waals surface area contributed by atoms with Crippen LogP contribution in [0.1, 0.15) is 12.8 Å². The van der Waals surface area contributed by atoms with Gasteiger partial charge in [-0.1, -0.05) is 6.58 Å². The van der Waals surface area contributed by atoms with Crippen molar-refractivity contribution in [2.24, 2.45) is 0 Å². The first kappa shape index (κ1) is 28.5. The molecule has 224 valence electrons. The molecule has 0 bridgehead atoms. The number of hydrogen-bond donors (Lipinski definition) is 1. The molecule has 1 fully saturated rings. The van der Waals surface area contributed by atoms with E-state index in [0.29, 0.717) is 59.8 Å². The number of ether oxygens (including phenoxy) is 3. The average molecular weight is 600 g/mol. The van der Waals surface area contributed by atoms with E-state index in [4.69, 9.17) is 14.2 Å². The number of fused-ring (bicyclic) bond motifs is 1. The lowest BCUT2D eigenvalue weighted by molar-refractivity contribution is -0.127. The van der Waals surface area contributed by atoms with Crippen LogP contribution >= 0.6 is 0 Å². The second-order valence-electron chi connectivity index (χ2n) is 9.89. The van der Waals surface area contributed by atoms with Crippen molar-refractivity contribution < 1.29 is 27.8 Å². The Morgan fingerprint density at radius 2 is 1.89 bits per heavy atom. The van der Waals surface area contributed by atoms with Crippen LogP contribution < -0.4 is 19.5 Å². The molecule has 3 aromatic heterocycles. The monoisotopic (exact) mass is 599 g/mol. The lowest BCUT2D eigenvalue weighted by Gasteiger charge is -2.31. The number of likely N-dealkylation sites (tertiary alicyclic amines) is 1. The van der Waals surface area contributed by atoms with E-state index in [0.717, 1.165) is 0 Å². The molecule has 1 amide bonds. The van der Waals surface area contributed by atoms with E-state index in [9.17, 15) is 9.18 Å². The SMILES string of the molecule is C=CC(=O)N1CCC(Oc2cc3c(Nc4ccc(Oc5ccn(-c6ccnc(F)c6)n5)cc4F)ncnc3cc2OC)CC1. The lowest BCUT2D eigenvalue weighted by Crippen LogP contribution is -2.41. The molecule has 5 aromatic rings. The van der Waals surface area contributed by atoms with Crippen molar-refractivity contribution in [2.45, 2.75) is 18.9 Å². The zero-order chi connectivity index (χ0) is 30.6. The van der Waals surface area contributed by atoms with Crippen LogP contribution in [0.4, 0.5) is 20.3 Å². The summed E-state index contributed by atoms with van der Waals surface area (Å²) in [6, 6.07) is 12.2. The maximum absolute atomic E-state index is 15.2. The number of piperidine rings is 1. The number of anilines is 2. The number of halogens is 2. The van der Waals surface area contributed by atoms with Crippen molar-refractivity contribution in [1.29, 1.82) is 0 Å². The summed E-state index contributed by atoms with van der Waals surface area (Å²) in [6.07, 6.45) is 6.79. The first-order valence-electron chi connectivity index (χ1n) is 13.7. The Bertz CT molecular complexity index is 1840. The molecule has 1 saturated heterocycles. The van der Waals surface area contributed by atoms with Crippen LogP contribution in [-0.4, -0.2) is 61.8 Å². The molecule has 0 aliphatic carbocycles. The highest BCUT2D eigenvalue weighted by atomic mass is 19.1. The predicted octanol–water partition coefficient (Wildman–Crippen LogP) is 5.59. The van der Waals surface area contributed by atoms with Crippen LogP contribution in [0.2, 0.25) is 0 Å². The molecule has 6 rings (SSSR count). The summed E-state index contributed by atoms with van der Waals surface area (Å²) in [5.74, 6) is 0.447. The first-order chi connectivity index (χ1) is 21.4. The molecule has 11 nitrogen and oxygen atoms in total. The topological polar surface area (TPSA) is 117 Å². The lowest BCUT2D eigenvalue weighted by atomic mass is 10.1. The average Bonchev–Trinajstić information content (AvgIpc) is 3.51. The molecule has 13 heteroatoms. The van der Waals surface area contributed by atoms with E-state index >= 15 is 4.39 Å². The number of carbonyl (C=O) groups is 1. The number of pyridine rings is 1. The third kappa shape index (κ3) is 6.11. The number of methoxy groups -OCH3 is 1. The van der Waals surface area contributed by atoms with Gasteiger partial charge in [-0.2, -0.15) is 4.39 Å². The molecular weight excluding hydrogens is 572 g/mol. The van der Waals surface area contributed by atoms with E-state index < -0.39 is 11.8 Å². The summed E-state index contributed by atoms with van der Waals surface area (Å²) in [5.41, 5.74) is 1.20. The summed E-state index contributed by atoms with van der Waals surface area (Å²) in [4.78, 5) is 25.9. The third-order valence-corrected chi connectivity index (χ3v) is 7.10. The van der Waals surface area contributed by atoms with Gasteiger partial charge >= 0.3 is 0 Å². The van der Waals surface area contributed by atoms with Gasteiger partial charge in [-0.3, -0.25) is 4.79 Å². The molecule has 1 N–H and O–H groups in total. The van der Waals surface area contributed by atoms with Crippen LogP contribution in [0.5, 0.6) is 23.1 Å². The number of nitrogens with zero attached hydrogens (tertiary/aromatic N) is 6. The number of hydrogen-bond acceptors (Lipinski definition) is 9. The van der Waals surface area contributed by atoms with E-state index in [1.54, 1.807) is 48.5 Å². The maximum Gasteiger partial charge on any atom is 0.245 e. The number of aromatic nitrogens is 5. The van der Waals surface area contributed by atoms with Gasteiger partial charge in [-0.05, 0) is 30.3 Å². The van der Waals surface area contributed by atoms with Crippen molar-refractivity contribution in [3.8, 4) is 28.8 Å². The molecule has 0 radical (unpaired) electrons. The first-order valence-corrected chi connectivity index (χ1v) is 13.7. The van der Waals surface area contributed by atoms with Crippen molar-refractivity contribution in [1.82, 2.24) is 29.6 Å². The van der Waals surface area contributed by atoms with Gasteiger partial charge in [0.2, 0.25) is 17.7 Å². The third-order valence-electron chi connectivity index (χ3n) is 7.10. The van der Waals surface area contributed by atoms with Crippen LogP contribution in [0, 0.1) is 11.8 Å². The fraction of sp³-hybridized carbons (Fsp3) is 0.194. The van der Waals surface area contributed by atoms with Gasteiger partial charge in [-0.25, -0.2) is 24.0 Å². The van der Waals surface area contributed by atoms with Gasteiger partial charge in [0.05, 0.1) is 24.0 Å². The number of carbonyl (C=O) groups excluding carboxylic acids is 1. The van der Waals surface area contributed by atoms with Crippen molar-refractivity contribution in [2.75, 3.05) is 25.5 Å². The van der Waals surface area contributed by atoms with Crippen LogP contribution in [0.25, 0.3) is 16.6 Å². The van der Waals surface area contributed by atoms with Gasteiger partial charge < -0.3 is 24.4 Å². The Morgan fingerprint density at radius 3 is 2.64 bits per heavy atom. The highest BCUT2D eigenvalue weighted by Gasteiger charge is 2.24. The molecular formula is C31H27F2N7O4. The summed E-state index contributed by atoms with van der Waals surface area (Å²) in [6.45, 7) is 4.68. The van der Waals surface area contributed by atoms with Gasteiger partial charge in [0.1, 0.15) is 29.8 Å². The van der Waals surface area contributed by atoms with E-state index in [-0.39, 0.29) is 29.3 Å². The molecule has 2 aromatic carbocycles. The second kappa shape index (κ2) is 12.3. The quantitative estimate of drug-likeness (QED) is 0.171. The van der Waals surface area contributed by atoms with Crippen molar-refractivity contribution >= 4 is 28.3 Å². The van der Waals surface area contributed by atoms with Crippen LogP contribution in [0.15, 0.2) is 79.9 Å². The molecule has 44 heavy (non-hydrogen) atoms. The summed E-state index contributed by atoms with van der Waals surface area (Å²) < 4.78 is 47.7. The minimum absolute atomic E-state index is 0.0963.